The molecule has 1 aromatic heterocycles. The fourth-order valence-corrected chi connectivity index (χ4v) is 2.52. The van der Waals surface area contributed by atoms with Crippen molar-refractivity contribution in [2.45, 2.75) is 12.5 Å². The summed E-state index contributed by atoms with van der Waals surface area (Å²) in [5.41, 5.74) is 1.17. The first-order chi connectivity index (χ1) is 11.7. The van der Waals surface area contributed by atoms with Crippen LogP contribution in [0, 0.1) is 0 Å². The molecule has 1 atom stereocenters. The van der Waals surface area contributed by atoms with Crippen molar-refractivity contribution < 1.29 is 19.0 Å². The molecular weight excluding hydrogens is 312 g/mol. The summed E-state index contributed by atoms with van der Waals surface area (Å²) in [5, 5.41) is 9.77. The number of methoxy groups -OCH3 is 2. The zero-order chi connectivity index (χ0) is 16.9. The van der Waals surface area contributed by atoms with Crippen molar-refractivity contribution in [2.75, 3.05) is 38.1 Å². The number of hydrogen-bond acceptors (Lipinski definition) is 5. The normalized spacial score (nSPS) is 16.7. The molecule has 0 bridgehead atoms. The fourth-order valence-electron chi connectivity index (χ4n) is 2.52. The van der Waals surface area contributed by atoms with Gasteiger partial charge in [-0.05, 0) is 18.6 Å². The first-order valence-corrected chi connectivity index (χ1v) is 7.61. The number of aromatic nitrogens is 2. The summed E-state index contributed by atoms with van der Waals surface area (Å²) in [7, 11) is 3.10. The Bertz CT molecular complexity index is 710. The Morgan fingerprint density at radius 1 is 1.33 bits per heavy atom. The predicted octanol–water partition coefficient (Wildman–Crippen LogP) is 2.51. The number of rotatable bonds is 5. The molecule has 3 rings (SSSR count). The number of anilines is 2. The van der Waals surface area contributed by atoms with Crippen LogP contribution in [0.2, 0.25) is 0 Å². The summed E-state index contributed by atoms with van der Waals surface area (Å²) in [4.78, 5) is 12.2. The predicted molar refractivity (Wildman–Crippen MR) is 88.9 cm³/mol. The second-order valence-corrected chi connectivity index (χ2v) is 5.37. The monoisotopic (exact) mass is 332 g/mol. The third kappa shape index (κ3) is 3.60. The van der Waals surface area contributed by atoms with Gasteiger partial charge in [0, 0.05) is 18.9 Å². The Hall–Kier alpha value is -2.74. The third-order valence-corrected chi connectivity index (χ3v) is 3.80. The van der Waals surface area contributed by atoms with Crippen molar-refractivity contribution in [3.63, 3.8) is 0 Å². The van der Waals surface area contributed by atoms with Gasteiger partial charge in [0.1, 0.15) is 11.5 Å². The Morgan fingerprint density at radius 3 is 2.92 bits per heavy atom. The maximum Gasteiger partial charge on any atom is 0.323 e. The molecule has 128 valence electrons. The number of nitrogens with one attached hydrogen (secondary N) is 2. The SMILES string of the molecule is COc1ccc(NC(=O)Nc2cnn([C@@H]3CCOC3)c2)c(OC)c1. The lowest BCUT2D eigenvalue weighted by Crippen LogP contribution is -2.19. The Labute approximate surface area is 139 Å². The number of nitrogens with zero attached hydrogens (tertiary/aromatic N) is 2. The van der Waals surface area contributed by atoms with Gasteiger partial charge in [-0.1, -0.05) is 0 Å². The molecule has 2 aromatic rings. The van der Waals surface area contributed by atoms with Gasteiger partial charge in [-0.2, -0.15) is 5.10 Å². The van der Waals surface area contributed by atoms with Crippen LogP contribution in [0.5, 0.6) is 11.5 Å². The first kappa shape index (κ1) is 16.1. The molecule has 1 aliphatic rings. The van der Waals surface area contributed by atoms with Crippen molar-refractivity contribution in [3.8, 4) is 11.5 Å². The van der Waals surface area contributed by atoms with E-state index in [9.17, 15) is 4.79 Å². The average molecular weight is 332 g/mol. The zero-order valence-corrected chi connectivity index (χ0v) is 13.6. The van der Waals surface area contributed by atoms with Gasteiger partial charge in [0.05, 0.1) is 44.4 Å². The van der Waals surface area contributed by atoms with Gasteiger partial charge in [0.25, 0.3) is 0 Å². The summed E-state index contributed by atoms with van der Waals surface area (Å²) < 4.78 is 17.5. The van der Waals surface area contributed by atoms with Crippen LogP contribution in [0.15, 0.2) is 30.6 Å². The van der Waals surface area contributed by atoms with Crippen LogP contribution in [0.25, 0.3) is 0 Å². The molecule has 8 nitrogen and oxygen atoms in total. The van der Waals surface area contributed by atoms with E-state index in [1.165, 1.54) is 7.11 Å². The molecule has 0 aliphatic carbocycles. The van der Waals surface area contributed by atoms with Crippen LogP contribution in [-0.4, -0.2) is 43.2 Å². The topological polar surface area (TPSA) is 86.6 Å². The smallest absolute Gasteiger partial charge is 0.323 e. The molecule has 1 aromatic carbocycles. The summed E-state index contributed by atoms with van der Waals surface area (Å²) in [5.74, 6) is 1.17. The molecule has 0 unspecified atom stereocenters. The molecule has 1 saturated heterocycles. The van der Waals surface area contributed by atoms with E-state index in [0.29, 0.717) is 29.5 Å². The van der Waals surface area contributed by atoms with Gasteiger partial charge in [-0.25, -0.2) is 4.79 Å². The molecule has 8 heteroatoms. The highest BCUT2D eigenvalue weighted by atomic mass is 16.5. The quantitative estimate of drug-likeness (QED) is 0.878. The van der Waals surface area contributed by atoms with E-state index in [4.69, 9.17) is 14.2 Å². The molecule has 24 heavy (non-hydrogen) atoms. The number of benzene rings is 1. The largest absolute Gasteiger partial charge is 0.497 e. The van der Waals surface area contributed by atoms with E-state index in [2.05, 4.69) is 15.7 Å². The van der Waals surface area contributed by atoms with E-state index in [-0.39, 0.29) is 12.1 Å². The van der Waals surface area contributed by atoms with Gasteiger partial charge < -0.3 is 24.8 Å². The van der Waals surface area contributed by atoms with Crippen molar-refractivity contribution in [1.82, 2.24) is 9.78 Å². The molecule has 2 heterocycles. The zero-order valence-electron chi connectivity index (χ0n) is 13.6. The van der Waals surface area contributed by atoms with Gasteiger partial charge in [0.2, 0.25) is 0 Å². The Balaban J connectivity index is 1.63. The highest BCUT2D eigenvalue weighted by molar-refractivity contribution is 6.00. The maximum absolute atomic E-state index is 12.2. The minimum absolute atomic E-state index is 0.227. The van der Waals surface area contributed by atoms with Crippen molar-refractivity contribution in [3.05, 3.63) is 30.6 Å². The molecule has 0 saturated carbocycles. The lowest BCUT2D eigenvalue weighted by molar-refractivity contribution is 0.184. The van der Waals surface area contributed by atoms with E-state index < -0.39 is 0 Å². The average Bonchev–Trinajstić information content (AvgIpc) is 3.26. The van der Waals surface area contributed by atoms with Crippen LogP contribution in [-0.2, 0) is 4.74 Å². The van der Waals surface area contributed by atoms with E-state index in [1.807, 2.05) is 4.68 Å². The van der Waals surface area contributed by atoms with Crippen molar-refractivity contribution in [2.24, 2.45) is 0 Å². The lowest BCUT2D eigenvalue weighted by atomic mass is 10.2. The van der Waals surface area contributed by atoms with Gasteiger partial charge in [-0.15, -0.1) is 0 Å². The molecule has 1 aliphatic heterocycles. The number of carbonyl (C=O) groups is 1. The van der Waals surface area contributed by atoms with Crippen LogP contribution in [0.4, 0.5) is 16.2 Å². The van der Waals surface area contributed by atoms with Crippen LogP contribution < -0.4 is 20.1 Å². The Kier molecular flexibility index (Phi) is 4.85. The molecular formula is C16H20N4O4. The summed E-state index contributed by atoms with van der Waals surface area (Å²) in [6, 6.07) is 5.02. The number of amides is 2. The molecule has 0 radical (unpaired) electrons. The van der Waals surface area contributed by atoms with Gasteiger partial charge in [0.15, 0.2) is 0 Å². The van der Waals surface area contributed by atoms with E-state index in [0.717, 1.165) is 13.0 Å². The van der Waals surface area contributed by atoms with Crippen LogP contribution in [0.1, 0.15) is 12.5 Å². The van der Waals surface area contributed by atoms with E-state index >= 15 is 0 Å². The second kappa shape index (κ2) is 7.22. The molecule has 2 N–H and O–H groups in total. The lowest BCUT2D eigenvalue weighted by Gasteiger charge is -2.12. The van der Waals surface area contributed by atoms with Crippen LogP contribution >= 0.6 is 0 Å². The van der Waals surface area contributed by atoms with Gasteiger partial charge >= 0.3 is 6.03 Å². The summed E-state index contributed by atoms with van der Waals surface area (Å²) >= 11 is 0. The minimum Gasteiger partial charge on any atom is -0.497 e. The third-order valence-electron chi connectivity index (χ3n) is 3.80. The highest BCUT2D eigenvalue weighted by Crippen LogP contribution is 2.29. The van der Waals surface area contributed by atoms with Gasteiger partial charge in [-0.3, -0.25) is 4.68 Å². The second-order valence-electron chi connectivity index (χ2n) is 5.37. The first-order valence-electron chi connectivity index (χ1n) is 7.61. The number of urea groups is 1. The highest BCUT2D eigenvalue weighted by Gasteiger charge is 2.18. The van der Waals surface area contributed by atoms with E-state index in [1.54, 1.807) is 37.7 Å². The standard InChI is InChI=1S/C16H20N4O4/c1-22-13-3-4-14(15(7-13)23-2)19-16(21)18-11-8-17-20(9-11)12-5-6-24-10-12/h3-4,7-9,12H,5-6,10H2,1-2H3,(H2,18,19,21)/t12-/m1/s1. The Morgan fingerprint density at radius 2 is 2.21 bits per heavy atom. The number of hydrogen-bond donors (Lipinski definition) is 2. The molecule has 0 spiro atoms. The summed E-state index contributed by atoms with van der Waals surface area (Å²) in [6.07, 6.45) is 4.34. The fraction of sp³-hybridized carbons (Fsp3) is 0.375. The summed E-state index contributed by atoms with van der Waals surface area (Å²) in [6.45, 7) is 1.39. The minimum atomic E-state index is -0.374. The van der Waals surface area contributed by atoms with Crippen LogP contribution in [0.3, 0.4) is 0 Å². The number of ether oxygens (including phenoxy) is 3. The maximum atomic E-state index is 12.2. The molecule has 1 fully saturated rings. The van der Waals surface area contributed by atoms with Crippen molar-refractivity contribution >= 4 is 17.4 Å². The molecule has 2 amide bonds. The van der Waals surface area contributed by atoms with Crippen molar-refractivity contribution in [1.29, 1.82) is 0 Å². The number of carbonyl (C=O) groups excluding carboxylic acids is 1.